The Bertz CT molecular complexity index is 343. The van der Waals surface area contributed by atoms with E-state index in [2.05, 4.69) is 0 Å². The van der Waals surface area contributed by atoms with Gasteiger partial charge in [-0.3, -0.25) is 0 Å². The van der Waals surface area contributed by atoms with E-state index >= 15 is 0 Å². The average Bonchev–Trinajstić information content (AvgIpc) is 1.41. The van der Waals surface area contributed by atoms with E-state index in [4.69, 9.17) is 48.1 Å². The van der Waals surface area contributed by atoms with E-state index in [1.54, 1.807) is 0 Å². The fourth-order valence-corrected chi connectivity index (χ4v) is 0. The third kappa shape index (κ3) is 6610. The molecular formula is CMn3O12Zn. The van der Waals surface area contributed by atoms with E-state index in [0.717, 1.165) is 0 Å². The van der Waals surface area contributed by atoms with Crippen molar-refractivity contribution in [2.24, 2.45) is 0 Å². The predicted octanol–water partition coefficient (Wildman–Crippen LogP) is -7.78. The van der Waals surface area contributed by atoms with Gasteiger partial charge in [0, 0.05) is 0 Å². The zero-order chi connectivity index (χ0) is 13.5. The van der Waals surface area contributed by atoms with Crippen molar-refractivity contribution >= 4 is 0 Å². The first-order valence-corrected chi connectivity index (χ1v) is 7.63. The van der Waals surface area contributed by atoms with Crippen molar-refractivity contribution in [2.75, 3.05) is 0 Å². The molecule has 99 valence electrons. The second-order valence-electron chi connectivity index (χ2n) is 1.13. The summed E-state index contributed by atoms with van der Waals surface area (Å²) >= 11 is -16.9. The second kappa shape index (κ2) is 11.8. The molecule has 0 N–H and O–H groups in total. The molecule has 0 atom stereocenters. The molecule has 0 spiro atoms. The van der Waals surface area contributed by atoms with Gasteiger partial charge in [0.1, 0.15) is 0 Å². The average molecular weight is 434 g/mol. The molecule has 12 nitrogen and oxygen atoms in total. The van der Waals surface area contributed by atoms with E-state index in [1.165, 1.54) is 0 Å². The maximum Gasteiger partial charge on any atom is 2.00 e. The molecule has 0 saturated carbocycles. The molecule has 0 fully saturated rings. The van der Waals surface area contributed by atoms with Crippen LogP contribution in [0.25, 0.3) is 0 Å². The third-order valence-corrected chi connectivity index (χ3v) is 0. The molecule has 0 aromatic heterocycles. The first-order valence-electron chi connectivity index (χ1n) is 1.85. The van der Waals surface area contributed by atoms with Crippen molar-refractivity contribution in [1.29, 1.82) is 0 Å². The van der Waals surface area contributed by atoms with Gasteiger partial charge in [0.15, 0.2) is 0 Å². The molecular weight excluding hydrogens is 434 g/mol. The van der Waals surface area contributed by atoms with Crippen molar-refractivity contribution in [1.82, 2.24) is 0 Å². The largest absolute Gasteiger partial charge is 2.00 e. The van der Waals surface area contributed by atoms with Crippen molar-refractivity contribution < 1.29 is 108 Å². The van der Waals surface area contributed by atoms with Crippen LogP contribution in [0, 0.1) is 7.43 Å². The third-order valence-electron chi connectivity index (χ3n) is 0. The maximum atomic E-state index is 8.58. The van der Waals surface area contributed by atoms with Crippen LogP contribution in [0.5, 0.6) is 0 Å². The van der Waals surface area contributed by atoms with Crippen molar-refractivity contribution in [3.63, 3.8) is 0 Å². The fourth-order valence-electron chi connectivity index (χ4n) is 0. The van der Waals surface area contributed by atoms with Crippen molar-refractivity contribution in [2.45, 2.75) is 0 Å². The van der Waals surface area contributed by atoms with Gasteiger partial charge in [0.2, 0.25) is 0 Å². The van der Waals surface area contributed by atoms with Gasteiger partial charge in [0.05, 0.1) is 0 Å². The molecule has 0 unspecified atom stereocenters. The summed E-state index contributed by atoms with van der Waals surface area (Å²) in [7, 11) is 0. The van der Waals surface area contributed by atoms with Crippen LogP contribution in [0.3, 0.4) is 0 Å². The van der Waals surface area contributed by atoms with Crippen LogP contribution in [-0.4, -0.2) is 0 Å². The molecule has 0 aliphatic rings. The van der Waals surface area contributed by atoms with E-state index in [9.17, 15) is 0 Å². The van der Waals surface area contributed by atoms with Gasteiger partial charge in [0.25, 0.3) is 0 Å². The molecule has 0 bridgehead atoms. The Kier molecular flexibility index (Phi) is 21.3. The van der Waals surface area contributed by atoms with Gasteiger partial charge < -0.3 is 0 Å². The second-order valence-corrected chi connectivity index (χ2v) is 4.68. The van der Waals surface area contributed by atoms with Gasteiger partial charge >= 0.3 is 115 Å². The Morgan fingerprint density at radius 1 is 0.471 bits per heavy atom. The van der Waals surface area contributed by atoms with Crippen molar-refractivity contribution in [3.05, 3.63) is 7.43 Å². The first kappa shape index (κ1) is 30.6. The Labute approximate surface area is 115 Å². The molecule has 0 aromatic carbocycles. The summed E-state index contributed by atoms with van der Waals surface area (Å²) in [5.74, 6) is 0. The molecule has 16 heteroatoms. The van der Waals surface area contributed by atoms with Gasteiger partial charge in [-0.1, -0.05) is 0 Å². The standard InChI is InChI=1S/C.3Mn.12O.Zn/q+4;;;;;;;;;;6*-1;+2. The normalized spacial score (nSPS) is 10.2. The molecule has 0 saturated heterocycles. The number of hydrogen-bond acceptors (Lipinski definition) is 12. The van der Waals surface area contributed by atoms with Crippen LogP contribution in [0.2, 0.25) is 0 Å². The van der Waals surface area contributed by atoms with Crippen molar-refractivity contribution in [3.8, 4) is 0 Å². The van der Waals surface area contributed by atoms with Crippen LogP contribution in [0.4, 0.5) is 0 Å². The van der Waals surface area contributed by atoms with Crippen LogP contribution >= 0.6 is 0 Å². The number of rotatable bonds is 0. The van der Waals surface area contributed by atoms with Crippen LogP contribution < -0.4 is 25.1 Å². The summed E-state index contributed by atoms with van der Waals surface area (Å²) in [5, 5.41) is 0. The number of hydrogen-bond donors (Lipinski definition) is 0. The fraction of sp³-hybridized carbons (Fsp3) is 0. The SMILES string of the molecule is [C+4].[O]=[Mn](=[O])([O-])[O-].[O]=[Mn](=[O])([O-])[O-].[O]=[Mn](=[O])([O-])[O-].[Zn+2]. The zero-order valence-electron chi connectivity index (χ0n) is 7.24. The summed E-state index contributed by atoms with van der Waals surface area (Å²) in [6.07, 6.45) is 0. The van der Waals surface area contributed by atoms with Gasteiger partial charge in [-0.25, -0.2) is 0 Å². The minimum absolute atomic E-state index is 0. The van der Waals surface area contributed by atoms with Gasteiger partial charge in [-0.15, -0.1) is 0 Å². The molecule has 17 heavy (non-hydrogen) atoms. The topological polar surface area (TPSA) is 241 Å². The summed E-state index contributed by atoms with van der Waals surface area (Å²) < 4.78 is 103. The molecule has 0 aliphatic heterocycles. The molecule has 0 aromatic rings. The zero-order valence-corrected chi connectivity index (χ0v) is 13.7. The molecule has 0 radical (unpaired) electrons. The van der Waals surface area contributed by atoms with E-state index in [1.807, 2.05) is 0 Å². The smallest absolute Gasteiger partial charge is 2.00 e. The summed E-state index contributed by atoms with van der Waals surface area (Å²) in [5.41, 5.74) is 0. The minimum Gasteiger partial charge on any atom is 2.00 e. The summed E-state index contributed by atoms with van der Waals surface area (Å²) in [6, 6.07) is 0. The van der Waals surface area contributed by atoms with E-state index in [-0.39, 0.29) is 26.9 Å². The molecule has 0 amide bonds. The Morgan fingerprint density at radius 2 is 0.471 bits per heavy atom. The maximum absolute atomic E-state index is 8.58. The molecule has 0 heterocycles. The summed E-state index contributed by atoms with van der Waals surface area (Å²) in [4.78, 5) is 0. The van der Waals surface area contributed by atoms with Gasteiger partial charge in [-0.2, -0.15) is 0 Å². The predicted molar refractivity (Wildman–Crippen MR) is 7.36 cm³/mol. The first-order chi connectivity index (χ1) is 6.00. The summed E-state index contributed by atoms with van der Waals surface area (Å²) in [6.45, 7) is 0. The minimum atomic E-state index is -5.62. The van der Waals surface area contributed by atoms with Gasteiger partial charge in [-0.05, 0) is 0 Å². The monoisotopic (exact) mass is 433 g/mol. The molecule has 0 aliphatic carbocycles. The van der Waals surface area contributed by atoms with Crippen LogP contribution in [-0.2, 0) is 82.6 Å². The van der Waals surface area contributed by atoms with Crippen LogP contribution in [0.1, 0.15) is 0 Å². The Morgan fingerprint density at radius 3 is 0.471 bits per heavy atom. The quantitative estimate of drug-likeness (QED) is 0.323. The Balaban J connectivity index is -0.0000000400. The Hall–Kier alpha value is 0.742. The molecule has 0 rings (SSSR count). The van der Waals surface area contributed by atoms with E-state index < -0.39 is 40.1 Å². The van der Waals surface area contributed by atoms with E-state index in [0.29, 0.717) is 0 Å². The van der Waals surface area contributed by atoms with Crippen LogP contribution in [0.15, 0.2) is 0 Å².